The molecule has 7 heteroatoms. The van der Waals surface area contributed by atoms with E-state index in [1.54, 1.807) is 32.2 Å². The number of amides is 1. The van der Waals surface area contributed by atoms with Crippen LogP contribution in [0.25, 0.3) is 0 Å². The molecule has 2 aromatic carbocycles. The molecule has 0 heterocycles. The molecule has 0 saturated heterocycles. The molecule has 0 fully saturated rings. The van der Waals surface area contributed by atoms with Crippen LogP contribution < -0.4 is 19.5 Å². The zero-order chi connectivity index (χ0) is 20.5. The van der Waals surface area contributed by atoms with E-state index in [0.717, 1.165) is 18.4 Å². The number of benzene rings is 2. The Morgan fingerprint density at radius 3 is 2.61 bits per heavy atom. The molecule has 0 aliphatic rings. The van der Waals surface area contributed by atoms with Gasteiger partial charge in [-0.1, -0.05) is 31.0 Å². The number of nitrogens with one attached hydrogen (secondary N) is 1. The van der Waals surface area contributed by atoms with Crippen LogP contribution >= 0.6 is 27.5 Å². The Balaban J connectivity index is 1.92. The van der Waals surface area contributed by atoms with Gasteiger partial charge in [-0.25, -0.2) is 0 Å². The fourth-order valence-corrected chi connectivity index (χ4v) is 3.19. The second-order valence-corrected chi connectivity index (χ2v) is 7.53. The Morgan fingerprint density at radius 1 is 1.18 bits per heavy atom. The van der Waals surface area contributed by atoms with Crippen LogP contribution in [-0.2, 0) is 11.3 Å². The molecular formula is C21H25BrClNO4. The van der Waals surface area contributed by atoms with E-state index in [2.05, 4.69) is 28.2 Å². The van der Waals surface area contributed by atoms with Crippen molar-refractivity contribution in [2.45, 2.75) is 39.3 Å². The minimum atomic E-state index is -0.656. The molecule has 2 aromatic rings. The van der Waals surface area contributed by atoms with Crippen molar-refractivity contribution in [2.75, 3.05) is 13.7 Å². The van der Waals surface area contributed by atoms with E-state index in [4.69, 9.17) is 25.8 Å². The second kappa shape index (κ2) is 11.2. The Bertz CT molecular complexity index is 800. The monoisotopic (exact) mass is 469 g/mol. The second-order valence-electron chi connectivity index (χ2n) is 6.24. The standard InChI is InChI=1S/C21H25BrClNO4/c1-4-5-10-27-19-8-6-15(11-20(19)26-3)13-24-21(25)14(2)28-18-9-7-16(23)12-17(18)22/h6-9,11-12,14H,4-5,10,13H2,1-3H3,(H,24,25). The average Bonchev–Trinajstić information content (AvgIpc) is 2.68. The van der Waals surface area contributed by atoms with Crippen LogP contribution in [0, 0.1) is 0 Å². The molecule has 1 N–H and O–H groups in total. The SMILES string of the molecule is CCCCOc1ccc(CNC(=O)C(C)Oc2ccc(Cl)cc2Br)cc1OC. The number of unbranched alkanes of at least 4 members (excludes halogenated alkanes) is 1. The summed E-state index contributed by atoms with van der Waals surface area (Å²) in [6.07, 6.45) is 1.40. The Morgan fingerprint density at radius 2 is 1.93 bits per heavy atom. The molecule has 0 aliphatic heterocycles. The van der Waals surface area contributed by atoms with Gasteiger partial charge in [0.1, 0.15) is 5.75 Å². The van der Waals surface area contributed by atoms with E-state index in [1.165, 1.54) is 0 Å². The van der Waals surface area contributed by atoms with Gasteiger partial charge in [-0.3, -0.25) is 4.79 Å². The molecule has 0 aliphatic carbocycles. The first-order chi connectivity index (χ1) is 13.4. The zero-order valence-corrected chi connectivity index (χ0v) is 18.6. The van der Waals surface area contributed by atoms with Gasteiger partial charge < -0.3 is 19.5 Å². The Hall–Kier alpha value is -1.92. The van der Waals surface area contributed by atoms with Crippen LogP contribution in [0.15, 0.2) is 40.9 Å². The summed E-state index contributed by atoms with van der Waals surface area (Å²) in [6, 6.07) is 10.8. The number of hydrogen-bond acceptors (Lipinski definition) is 4. The number of hydrogen-bond donors (Lipinski definition) is 1. The molecular weight excluding hydrogens is 446 g/mol. The van der Waals surface area contributed by atoms with E-state index in [9.17, 15) is 4.79 Å². The molecule has 2 rings (SSSR count). The molecule has 28 heavy (non-hydrogen) atoms. The predicted molar refractivity (Wildman–Crippen MR) is 114 cm³/mol. The molecule has 0 spiro atoms. The molecule has 0 aromatic heterocycles. The maximum Gasteiger partial charge on any atom is 0.261 e. The van der Waals surface area contributed by atoms with Gasteiger partial charge in [0.05, 0.1) is 18.2 Å². The van der Waals surface area contributed by atoms with E-state index < -0.39 is 6.10 Å². The highest BCUT2D eigenvalue weighted by Gasteiger charge is 2.16. The van der Waals surface area contributed by atoms with Gasteiger partial charge in [0.15, 0.2) is 17.6 Å². The number of halogens is 2. The van der Waals surface area contributed by atoms with Gasteiger partial charge in [0.25, 0.3) is 5.91 Å². The normalized spacial score (nSPS) is 11.6. The topological polar surface area (TPSA) is 56.8 Å². The van der Waals surface area contributed by atoms with Crippen molar-refractivity contribution < 1.29 is 19.0 Å². The lowest BCUT2D eigenvalue weighted by Crippen LogP contribution is -2.35. The third-order valence-electron chi connectivity index (χ3n) is 4.02. The third kappa shape index (κ3) is 6.60. The van der Waals surface area contributed by atoms with Crippen molar-refractivity contribution in [3.8, 4) is 17.2 Å². The summed E-state index contributed by atoms with van der Waals surface area (Å²) in [5.74, 6) is 1.69. The van der Waals surface area contributed by atoms with Gasteiger partial charge in [0.2, 0.25) is 0 Å². The van der Waals surface area contributed by atoms with Crippen molar-refractivity contribution in [1.29, 1.82) is 0 Å². The van der Waals surface area contributed by atoms with Crippen LogP contribution in [-0.4, -0.2) is 25.7 Å². The summed E-state index contributed by atoms with van der Waals surface area (Å²) < 4.78 is 17.5. The van der Waals surface area contributed by atoms with E-state index >= 15 is 0 Å². The van der Waals surface area contributed by atoms with E-state index in [-0.39, 0.29) is 5.91 Å². The molecule has 5 nitrogen and oxygen atoms in total. The van der Waals surface area contributed by atoms with Crippen LogP contribution in [0.3, 0.4) is 0 Å². The van der Waals surface area contributed by atoms with Crippen LogP contribution in [0.5, 0.6) is 17.2 Å². The number of ether oxygens (including phenoxy) is 3. The number of rotatable bonds is 10. The molecule has 0 radical (unpaired) electrons. The van der Waals surface area contributed by atoms with Gasteiger partial charge in [-0.15, -0.1) is 0 Å². The first kappa shape index (κ1) is 22.4. The van der Waals surface area contributed by atoms with Crippen molar-refractivity contribution in [1.82, 2.24) is 5.32 Å². The first-order valence-electron chi connectivity index (χ1n) is 9.13. The van der Waals surface area contributed by atoms with Crippen molar-refractivity contribution in [2.24, 2.45) is 0 Å². The van der Waals surface area contributed by atoms with Crippen molar-refractivity contribution >= 4 is 33.4 Å². The Kier molecular flexibility index (Phi) is 8.93. The van der Waals surface area contributed by atoms with Crippen molar-refractivity contribution in [3.63, 3.8) is 0 Å². The number of methoxy groups -OCH3 is 1. The predicted octanol–water partition coefficient (Wildman–Crippen LogP) is 5.37. The van der Waals surface area contributed by atoms with Gasteiger partial charge in [-0.05, 0) is 65.2 Å². The number of carbonyl (C=O) groups excluding carboxylic acids is 1. The Labute approximate surface area is 179 Å². The summed E-state index contributed by atoms with van der Waals surface area (Å²) in [6.45, 7) is 4.82. The first-order valence-corrected chi connectivity index (χ1v) is 10.3. The minimum absolute atomic E-state index is 0.218. The summed E-state index contributed by atoms with van der Waals surface area (Å²) in [7, 11) is 1.60. The average molecular weight is 471 g/mol. The fourth-order valence-electron chi connectivity index (χ4n) is 2.42. The maximum absolute atomic E-state index is 12.4. The van der Waals surface area contributed by atoms with Crippen LogP contribution in [0.1, 0.15) is 32.3 Å². The largest absolute Gasteiger partial charge is 0.493 e. The summed E-state index contributed by atoms with van der Waals surface area (Å²) in [5, 5.41) is 3.46. The highest BCUT2D eigenvalue weighted by molar-refractivity contribution is 9.10. The molecule has 0 saturated carbocycles. The van der Waals surface area contributed by atoms with E-state index in [0.29, 0.717) is 39.9 Å². The van der Waals surface area contributed by atoms with Gasteiger partial charge in [-0.2, -0.15) is 0 Å². The van der Waals surface area contributed by atoms with E-state index in [1.807, 2.05) is 18.2 Å². The van der Waals surface area contributed by atoms with Crippen LogP contribution in [0.2, 0.25) is 5.02 Å². The molecule has 1 unspecified atom stereocenters. The van der Waals surface area contributed by atoms with Crippen LogP contribution in [0.4, 0.5) is 0 Å². The lowest BCUT2D eigenvalue weighted by Gasteiger charge is -2.16. The van der Waals surface area contributed by atoms with Gasteiger partial charge >= 0.3 is 0 Å². The highest BCUT2D eigenvalue weighted by atomic mass is 79.9. The van der Waals surface area contributed by atoms with Gasteiger partial charge in [0, 0.05) is 11.6 Å². The zero-order valence-electron chi connectivity index (χ0n) is 16.3. The molecule has 0 bridgehead atoms. The number of carbonyl (C=O) groups is 1. The lowest BCUT2D eigenvalue weighted by molar-refractivity contribution is -0.127. The molecule has 152 valence electrons. The maximum atomic E-state index is 12.4. The molecule has 1 atom stereocenters. The quantitative estimate of drug-likeness (QED) is 0.474. The fraction of sp³-hybridized carbons (Fsp3) is 0.381. The third-order valence-corrected chi connectivity index (χ3v) is 4.87. The molecule has 1 amide bonds. The van der Waals surface area contributed by atoms with Crippen molar-refractivity contribution in [3.05, 3.63) is 51.5 Å². The summed E-state index contributed by atoms with van der Waals surface area (Å²) >= 11 is 9.30. The minimum Gasteiger partial charge on any atom is -0.493 e. The highest BCUT2D eigenvalue weighted by Crippen LogP contribution is 2.29. The summed E-state index contributed by atoms with van der Waals surface area (Å²) in [5.41, 5.74) is 0.910. The summed E-state index contributed by atoms with van der Waals surface area (Å²) in [4.78, 5) is 12.4. The smallest absolute Gasteiger partial charge is 0.261 e. The lowest BCUT2D eigenvalue weighted by atomic mass is 10.2.